The standard InChI is InChI=1S/C11H13Cl2NO3/c12-6-1-2-7(8(13)5-6)11(17)9(14)3-4-10(15)16/h1-2,5,9,11,17H,3-4,14H2,(H,15,16). The fourth-order valence-corrected chi connectivity index (χ4v) is 1.94. The Bertz CT molecular complexity index is 412. The van der Waals surface area contributed by atoms with Crippen molar-refractivity contribution in [1.29, 1.82) is 0 Å². The Morgan fingerprint density at radius 1 is 1.41 bits per heavy atom. The predicted octanol–water partition coefficient (Wildman–Crippen LogP) is 2.22. The number of carboxylic acid groups (broad SMARTS) is 1. The normalized spacial score (nSPS) is 14.4. The molecule has 0 saturated carbocycles. The van der Waals surface area contributed by atoms with Crippen LogP contribution in [-0.4, -0.2) is 22.2 Å². The molecule has 1 aromatic carbocycles. The predicted molar refractivity (Wildman–Crippen MR) is 66.3 cm³/mol. The molecule has 0 spiro atoms. The Morgan fingerprint density at radius 3 is 2.59 bits per heavy atom. The van der Waals surface area contributed by atoms with Gasteiger partial charge in [-0.05, 0) is 18.6 Å². The minimum absolute atomic E-state index is 0.0938. The average molecular weight is 278 g/mol. The Morgan fingerprint density at radius 2 is 2.06 bits per heavy atom. The average Bonchev–Trinajstić information content (AvgIpc) is 2.25. The van der Waals surface area contributed by atoms with Crippen LogP contribution >= 0.6 is 23.2 Å². The van der Waals surface area contributed by atoms with Gasteiger partial charge in [-0.2, -0.15) is 0 Å². The number of halogens is 2. The van der Waals surface area contributed by atoms with Crippen molar-refractivity contribution in [1.82, 2.24) is 0 Å². The number of carboxylic acids is 1. The van der Waals surface area contributed by atoms with Crippen molar-refractivity contribution in [2.24, 2.45) is 5.73 Å². The molecule has 94 valence electrons. The highest BCUT2D eigenvalue weighted by Crippen LogP contribution is 2.28. The van der Waals surface area contributed by atoms with Crippen molar-refractivity contribution >= 4 is 29.2 Å². The maximum Gasteiger partial charge on any atom is 0.303 e. The van der Waals surface area contributed by atoms with E-state index in [9.17, 15) is 9.90 Å². The first-order valence-electron chi connectivity index (χ1n) is 5.02. The largest absolute Gasteiger partial charge is 0.481 e. The molecule has 4 N–H and O–H groups in total. The summed E-state index contributed by atoms with van der Waals surface area (Å²) in [6.45, 7) is 0. The highest BCUT2D eigenvalue weighted by atomic mass is 35.5. The first kappa shape index (κ1) is 14.3. The van der Waals surface area contributed by atoms with Crippen molar-refractivity contribution in [3.05, 3.63) is 33.8 Å². The van der Waals surface area contributed by atoms with Crippen LogP contribution in [0.2, 0.25) is 10.0 Å². The minimum atomic E-state index is -1.00. The van der Waals surface area contributed by atoms with E-state index in [2.05, 4.69) is 0 Å². The van der Waals surface area contributed by atoms with Gasteiger partial charge in [0.25, 0.3) is 0 Å². The van der Waals surface area contributed by atoms with Gasteiger partial charge in [-0.1, -0.05) is 29.3 Å². The van der Waals surface area contributed by atoms with Gasteiger partial charge in [-0.3, -0.25) is 4.79 Å². The summed E-state index contributed by atoms with van der Waals surface area (Å²) >= 11 is 11.6. The van der Waals surface area contributed by atoms with Gasteiger partial charge >= 0.3 is 5.97 Å². The molecule has 0 heterocycles. The zero-order valence-electron chi connectivity index (χ0n) is 8.94. The molecule has 1 aromatic rings. The molecule has 0 aliphatic rings. The van der Waals surface area contributed by atoms with E-state index < -0.39 is 18.1 Å². The Balaban J connectivity index is 2.74. The minimum Gasteiger partial charge on any atom is -0.481 e. The van der Waals surface area contributed by atoms with Crippen molar-refractivity contribution in [3.8, 4) is 0 Å². The van der Waals surface area contributed by atoms with Gasteiger partial charge in [0.15, 0.2) is 0 Å². The fraction of sp³-hybridized carbons (Fsp3) is 0.364. The first-order chi connectivity index (χ1) is 7.91. The van der Waals surface area contributed by atoms with Crippen molar-refractivity contribution in [3.63, 3.8) is 0 Å². The van der Waals surface area contributed by atoms with Crippen molar-refractivity contribution in [2.75, 3.05) is 0 Å². The lowest BCUT2D eigenvalue weighted by atomic mass is 9.99. The van der Waals surface area contributed by atoms with E-state index in [1.165, 1.54) is 6.07 Å². The first-order valence-corrected chi connectivity index (χ1v) is 5.78. The van der Waals surface area contributed by atoms with Crippen LogP contribution in [0.3, 0.4) is 0 Å². The molecular formula is C11H13Cl2NO3. The molecule has 2 unspecified atom stereocenters. The highest BCUT2D eigenvalue weighted by molar-refractivity contribution is 6.35. The number of hydrogen-bond donors (Lipinski definition) is 3. The molecule has 0 amide bonds. The lowest BCUT2D eigenvalue weighted by Crippen LogP contribution is -2.29. The highest BCUT2D eigenvalue weighted by Gasteiger charge is 2.20. The molecule has 0 aliphatic carbocycles. The SMILES string of the molecule is NC(CCC(=O)O)C(O)c1ccc(Cl)cc1Cl. The molecular weight excluding hydrogens is 265 g/mol. The van der Waals surface area contributed by atoms with E-state index >= 15 is 0 Å². The summed E-state index contributed by atoms with van der Waals surface area (Å²) in [4.78, 5) is 10.4. The van der Waals surface area contributed by atoms with Crippen molar-refractivity contribution in [2.45, 2.75) is 25.0 Å². The second-order valence-corrected chi connectivity index (χ2v) is 4.55. The van der Waals surface area contributed by atoms with Gasteiger partial charge < -0.3 is 15.9 Å². The van der Waals surface area contributed by atoms with Gasteiger partial charge in [0.05, 0.1) is 6.10 Å². The van der Waals surface area contributed by atoms with Gasteiger partial charge in [-0.15, -0.1) is 0 Å². The topological polar surface area (TPSA) is 83.6 Å². The van der Waals surface area contributed by atoms with E-state index in [1.807, 2.05) is 0 Å². The van der Waals surface area contributed by atoms with Crippen LogP contribution in [0, 0.1) is 0 Å². The summed E-state index contributed by atoms with van der Waals surface area (Å²) in [5.41, 5.74) is 6.15. The van der Waals surface area contributed by atoms with Gasteiger partial charge in [0, 0.05) is 28.1 Å². The molecule has 6 heteroatoms. The molecule has 1 rings (SSSR count). The molecule has 0 bridgehead atoms. The summed E-state index contributed by atoms with van der Waals surface area (Å²) < 4.78 is 0. The van der Waals surface area contributed by atoms with Crippen LogP contribution < -0.4 is 5.73 Å². The molecule has 0 aromatic heterocycles. The zero-order valence-corrected chi connectivity index (χ0v) is 10.4. The van der Waals surface area contributed by atoms with Crippen molar-refractivity contribution < 1.29 is 15.0 Å². The number of aliphatic hydroxyl groups excluding tert-OH is 1. The third-order valence-corrected chi connectivity index (χ3v) is 2.94. The van der Waals surface area contributed by atoms with Gasteiger partial charge in [0.1, 0.15) is 0 Å². The Hall–Kier alpha value is -0.810. The maximum atomic E-state index is 10.4. The summed E-state index contributed by atoms with van der Waals surface area (Å²) in [7, 11) is 0. The van der Waals surface area contributed by atoms with E-state index in [1.54, 1.807) is 12.1 Å². The molecule has 2 atom stereocenters. The van der Waals surface area contributed by atoms with Crippen LogP contribution in [0.25, 0.3) is 0 Å². The number of benzene rings is 1. The van der Waals surface area contributed by atoms with Gasteiger partial charge in [0.2, 0.25) is 0 Å². The number of aliphatic hydroxyl groups is 1. The van der Waals surface area contributed by atoms with Crippen LogP contribution in [0.4, 0.5) is 0 Å². The molecule has 0 saturated heterocycles. The number of rotatable bonds is 5. The summed E-state index contributed by atoms with van der Waals surface area (Å²) in [5.74, 6) is -0.949. The second kappa shape index (κ2) is 6.21. The smallest absolute Gasteiger partial charge is 0.303 e. The van der Waals surface area contributed by atoms with Crippen LogP contribution in [0.1, 0.15) is 24.5 Å². The van der Waals surface area contributed by atoms with Gasteiger partial charge in [-0.25, -0.2) is 0 Å². The summed E-state index contributed by atoms with van der Waals surface area (Å²) in [6, 6.07) is 4.00. The quantitative estimate of drug-likeness (QED) is 0.771. The molecule has 0 fully saturated rings. The molecule has 0 aliphatic heterocycles. The van der Waals surface area contributed by atoms with E-state index in [-0.39, 0.29) is 12.8 Å². The number of hydrogen-bond acceptors (Lipinski definition) is 3. The monoisotopic (exact) mass is 277 g/mol. The molecule has 0 radical (unpaired) electrons. The zero-order chi connectivity index (χ0) is 13.0. The van der Waals surface area contributed by atoms with Crippen LogP contribution in [-0.2, 0) is 4.79 Å². The fourth-order valence-electron chi connectivity index (χ4n) is 1.42. The number of aliphatic carboxylic acids is 1. The second-order valence-electron chi connectivity index (χ2n) is 3.71. The third-order valence-electron chi connectivity index (χ3n) is 2.38. The van der Waals surface area contributed by atoms with E-state index in [0.29, 0.717) is 15.6 Å². The number of nitrogens with two attached hydrogens (primary N) is 1. The lowest BCUT2D eigenvalue weighted by Gasteiger charge is -2.19. The maximum absolute atomic E-state index is 10.4. The van der Waals surface area contributed by atoms with Crippen LogP contribution in [0.5, 0.6) is 0 Å². The Labute approximate surface area is 109 Å². The summed E-state index contributed by atoms with van der Waals surface area (Å²) in [5, 5.41) is 19.2. The summed E-state index contributed by atoms with van der Waals surface area (Å²) in [6.07, 6.45) is -0.919. The van der Waals surface area contributed by atoms with Crippen LogP contribution in [0.15, 0.2) is 18.2 Å². The Kier molecular flexibility index (Phi) is 5.21. The van der Waals surface area contributed by atoms with E-state index in [4.69, 9.17) is 34.0 Å². The lowest BCUT2D eigenvalue weighted by molar-refractivity contribution is -0.137. The molecule has 17 heavy (non-hydrogen) atoms. The van der Waals surface area contributed by atoms with E-state index in [0.717, 1.165) is 0 Å². The third kappa shape index (κ3) is 4.16. The number of carbonyl (C=O) groups is 1. The molecule has 4 nitrogen and oxygen atoms in total.